The molecule has 1 atom stereocenters. The van der Waals surface area contributed by atoms with Crippen molar-refractivity contribution in [1.82, 2.24) is 20.5 Å². The number of hydrogen-bond donors (Lipinski definition) is 4. The number of anilines is 4. The van der Waals surface area contributed by atoms with Gasteiger partial charge in [-0.2, -0.15) is 5.10 Å². The van der Waals surface area contributed by atoms with Crippen molar-refractivity contribution < 1.29 is 9.53 Å². The van der Waals surface area contributed by atoms with E-state index >= 15 is 0 Å². The molecule has 0 aromatic carbocycles. The summed E-state index contributed by atoms with van der Waals surface area (Å²) in [6.07, 6.45) is 6.19. The predicted octanol–water partition coefficient (Wildman–Crippen LogP) is 1.88. The Morgan fingerprint density at radius 3 is 2.88 bits per heavy atom. The first-order chi connectivity index (χ1) is 15.6. The van der Waals surface area contributed by atoms with E-state index in [0.29, 0.717) is 30.4 Å². The number of carbonyl (C=O) groups is 1. The quantitative estimate of drug-likeness (QED) is 0.487. The highest BCUT2D eigenvalue weighted by Crippen LogP contribution is 2.35. The van der Waals surface area contributed by atoms with E-state index in [1.807, 2.05) is 6.07 Å². The van der Waals surface area contributed by atoms with E-state index in [1.54, 1.807) is 6.20 Å². The summed E-state index contributed by atoms with van der Waals surface area (Å²) in [5, 5.41) is 21.5. The Morgan fingerprint density at radius 1 is 1.38 bits per heavy atom. The van der Waals surface area contributed by atoms with Crippen LogP contribution < -0.4 is 20.4 Å². The molecule has 3 fully saturated rings. The molecule has 1 saturated carbocycles. The standard InChI is InChI=1S/C22H30N8O2/c1-14-13-32-8-7-30(14)20-9-18(17(10-23)21(27-20)26-19-5-6-24-28-19)29-11-16(12-29)25-22(31)15-3-2-4-15/h5-6,9-10,14-16,23H,2-4,7-8,11-13H2,1H3,(H,25,31)(H2,24,26,27,28)/t14-/m1/s1. The molecule has 2 aromatic heterocycles. The molecule has 10 heteroatoms. The Balaban J connectivity index is 1.40. The van der Waals surface area contributed by atoms with Crippen LogP contribution in [0.2, 0.25) is 0 Å². The van der Waals surface area contributed by atoms with Gasteiger partial charge in [0.15, 0.2) is 0 Å². The van der Waals surface area contributed by atoms with E-state index in [2.05, 4.69) is 43.6 Å². The molecular formula is C22H30N8O2. The fourth-order valence-electron chi connectivity index (χ4n) is 4.45. The number of aromatic nitrogens is 3. The summed E-state index contributed by atoms with van der Waals surface area (Å²) in [6.45, 7) is 5.67. The number of H-pyrrole nitrogens is 1. The fraction of sp³-hybridized carbons (Fsp3) is 0.545. The Labute approximate surface area is 187 Å². The van der Waals surface area contributed by atoms with E-state index in [-0.39, 0.29) is 23.9 Å². The number of morpholine rings is 1. The maximum absolute atomic E-state index is 12.3. The van der Waals surface area contributed by atoms with Gasteiger partial charge in [0, 0.05) is 43.9 Å². The number of carbonyl (C=O) groups excluding carboxylic acids is 1. The minimum absolute atomic E-state index is 0.143. The van der Waals surface area contributed by atoms with E-state index in [1.165, 1.54) is 6.21 Å². The maximum Gasteiger partial charge on any atom is 0.223 e. The first-order valence-electron chi connectivity index (χ1n) is 11.3. The van der Waals surface area contributed by atoms with E-state index in [9.17, 15) is 4.79 Å². The SMILES string of the molecule is C[C@@H]1COCCN1c1cc(N2CC(NC(=O)C3CCC3)C2)c(C=N)c(Nc2ccn[nH]2)n1. The second kappa shape index (κ2) is 8.78. The van der Waals surface area contributed by atoms with Gasteiger partial charge in [-0.15, -0.1) is 0 Å². The molecule has 0 bridgehead atoms. The third-order valence-electron chi connectivity index (χ3n) is 6.63. The molecule has 1 amide bonds. The summed E-state index contributed by atoms with van der Waals surface area (Å²) in [4.78, 5) is 21.6. The van der Waals surface area contributed by atoms with Crippen LogP contribution in [0.15, 0.2) is 18.3 Å². The number of rotatable bonds is 7. The zero-order valence-electron chi connectivity index (χ0n) is 18.3. The van der Waals surface area contributed by atoms with Gasteiger partial charge < -0.3 is 30.6 Å². The highest BCUT2D eigenvalue weighted by molar-refractivity contribution is 5.95. The Kier molecular flexibility index (Phi) is 5.69. The summed E-state index contributed by atoms with van der Waals surface area (Å²) >= 11 is 0. The third kappa shape index (κ3) is 4.02. The molecule has 2 aliphatic heterocycles. The van der Waals surface area contributed by atoms with Crippen molar-refractivity contribution in [3.05, 3.63) is 23.9 Å². The molecular weight excluding hydrogens is 408 g/mol. The molecule has 170 valence electrons. The van der Waals surface area contributed by atoms with Crippen molar-refractivity contribution in [3.63, 3.8) is 0 Å². The summed E-state index contributed by atoms with van der Waals surface area (Å²) in [5.41, 5.74) is 1.66. The molecule has 0 unspecified atom stereocenters. The normalized spacial score (nSPS) is 21.6. The molecule has 10 nitrogen and oxygen atoms in total. The molecule has 2 aromatic rings. The summed E-state index contributed by atoms with van der Waals surface area (Å²) in [5.74, 6) is 2.56. The van der Waals surface area contributed by atoms with Gasteiger partial charge in [-0.3, -0.25) is 9.89 Å². The smallest absolute Gasteiger partial charge is 0.223 e. The minimum Gasteiger partial charge on any atom is -0.377 e. The second-order valence-corrected chi connectivity index (χ2v) is 8.86. The minimum atomic E-state index is 0.143. The first kappa shape index (κ1) is 20.7. The monoisotopic (exact) mass is 438 g/mol. The number of aromatic amines is 1. The molecule has 4 heterocycles. The molecule has 0 spiro atoms. The van der Waals surface area contributed by atoms with Crippen molar-refractivity contribution in [1.29, 1.82) is 5.41 Å². The summed E-state index contributed by atoms with van der Waals surface area (Å²) < 4.78 is 5.60. The van der Waals surface area contributed by atoms with Gasteiger partial charge in [-0.05, 0) is 19.8 Å². The fourth-order valence-corrected chi connectivity index (χ4v) is 4.45. The highest BCUT2D eigenvalue weighted by atomic mass is 16.5. The molecule has 0 radical (unpaired) electrons. The lowest BCUT2D eigenvalue weighted by molar-refractivity contribution is -0.128. The lowest BCUT2D eigenvalue weighted by Gasteiger charge is -2.43. The van der Waals surface area contributed by atoms with Gasteiger partial charge in [0.25, 0.3) is 0 Å². The van der Waals surface area contributed by atoms with E-state index < -0.39 is 0 Å². The number of nitrogens with one attached hydrogen (secondary N) is 4. The molecule has 1 aliphatic carbocycles. The Hall–Kier alpha value is -3.14. The maximum atomic E-state index is 12.3. The van der Waals surface area contributed by atoms with Gasteiger partial charge in [-0.25, -0.2) is 4.98 Å². The predicted molar refractivity (Wildman–Crippen MR) is 123 cm³/mol. The van der Waals surface area contributed by atoms with Crippen molar-refractivity contribution in [3.8, 4) is 0 Å². The highest BCUT2D eigenvalue weighted by Gasteiger charge is 2.34. The lowest BCUT2D eigenvalue weighted by Crippen LogP contribution is -2.60. The van der Waals surface area contributed by atoms with Crippen LogP contribution in [0, 0.1) is 11.3 Å². The first-order valence-corrected chi connectivity index (χ1v) is 11.3. The van der Waals surface area contributed by atoms with Crippen molar-refractivity contribution in [2.75, 3.05) is 48.0 Å². The van der Waals surface area contributed by atoms with Crippen molar-refractivity contribution in [2.45, 2.75) is 38.3 Å². The molecule has 4 N–H and O–H groups in total. The molecule has 3 aliphatic rings. The zero-order chi connectivity index (χ0) is 22.1. The van der Waals surface area contributed by atoms with Crippen LogP contribution in [0.1, 0.15) is 31.7 Å². The largest absolute Gasteiger partial charge is 0.377 e. The van der Waals surface area contributed by atoms with Crippen LogP contribution in [-0.2, 0) is 9.53 Å². The van der Waals surface area contributed by atoms with E-state index in [0.717, 1.165) is 50.4 Å². The van der Waals surface area contributed by atoms with Gasteiger partial charge in [0.1, 0.15) is 17.5 Å². The number of pyridine rings is 1. The van der Waals surface area contributed by atoms with Gasteiger partial charge in [0.2, 0.25) is 5.91 Å². The van der Waals surface area contributed by atoms with Crippen LogP contribution in [-0.4, -0.2) is 72.2 Å². The van der Waals surface area contributed by atoms with Crippen molar-refractivity contribution >= 4 is 35.3 Å². The van der Waals surface area contributed by atoms with Crippen LogP contribution in [0.25, 0.3) is 0 Å². The van der Waals surface area contributed by atoms with Gasteiger partial charge in [0.05, 0.1) is 42.7 Å². The van der Waals surface area contributed by atoms with Gasteiger partial charge in [-0.1, -0.05) is 6.42 Å². The van der Waals surface area contributed by atoms with Gasteiger partial charge >= 0.3 is 0 Å². The van der Waals surface area contributed by atoms with Crippen molar-refractivity contribution in [2.24, 2.45) is 5.92 Å². The van der Waals surface area contributed by atoms with E-state index in [4.69, 9.17) is 15.1 Å². The van der Waals surface area contributed by atoms with Crippen LogP contribution >= 0.6 is 0 Å². The van der Waals surface area contributed by atoms with Crippen LogP contribution in [0.3, 0.4) is 0 Å². The number of nitrogens with zero attached hydrogens (tertiary/aromatic N) is 4. The number of amides is 1. The lowest BCUT2D eigenvalue weighted by atomic mass is 9.84. The molecule has 5 rings (SSSR count). The third-order valence-corrected chi connectivity index (χ3v) is 6.63. The topological polar surface area (TPSA) is 122 Å². The number of hydrogen-bond acceptors (Lipinski definition) is 8. The second-order valence-electron chi connectivity index (χ2n) is 8.86. The Morgan fingerprint density at radius 2 is 2.22 bits per heavy atom. The molecule has 2 saturated heterocycles. The molecule has 32 heavy (non-hydrogen) atoms. The summed E-state index contributed by atoms with van der Waals surface area (Å²) in [7, 11) is 0. The summed E-state index contributed by atoms with van der Waals surface area (Å²) in [6, 6.07) is 4.24. The Bertz CT molecular complexity index is 969. The average molecular weight is 439 g/mol. The van der Waals surface area contributed by atoms with Crippen LogP contribution in [0.4, 0.5) is 23.1 Å². The number of ether oxygens (including phenoxy) is 1. The van der Waals surface area contributed by atoms with Crippen LogP contribution in [0.5, 0.6) is 0 Å². The zero-order valence-corrected chi connectivity index (χ0v) is 18.3. The average Bonchev–Trinajstić information content (AvgIpc) is 3.22.